The van der Waals surface area contributed by atoms with Crippen molar-refractivity contribution in [3.05, 3.63) is 87.5 Å². The van der Waals surface area contributed by atoms with Crippen LogP contribution >= 0.6 is 0 Å². The molecule has 1 aromatic heterocycles. The Morgan fingerprint density at radius 1 is 1.29 bits per heavy atom. The lowest BCUT2D eigenvalue weighted by Crippen LogP contribution is -2.12. The standard InChI is InChI=1S/C20H18FNO2/c1-3-5-13-8-9-15-12(2)16(20(23)24-18(15)10-13)11-14-6-4-7-17(22)19(14)21/h3-4,6-10H,1,5,11,22H2,2H3. The first-order chi connectivity index (χ1) is 11.5. The van der Waals surface area contributed by atoms with Crippen molar-refractivity contribution in [2.45, 2.75) is 19.8 Å². The first-order valence-electron chi connectivity index (χ1n) is 7.70. The minimum Gasteiger partial charge on any atom is -0.422 e. The zero-order valence-corrected chi connectivity index (χ0v) is 13.4. The Morgan fingerprint density at radius 2 is 2.08 bits per heavy atom. The van der Waals surface area contributed by atoms with Crippen molar-refractivity contribution in [3.63, 3.8) is 0 Å². The predicted molar refractivity (Wildman–Crippen MR) is 94.7 cm³/mol. The maximum atomic E-state index is 14.1. The third-order valence-corrected chi connectivity index (χ3v) is 4.21. The Labute approximate surface area is 139 Å². The van der Waals surface area contributed by atoms with E-state index in [2.05, 4.69) is 6.58 Å². The third-order valence-electron chi connectivity index (χ3n) is 4.21. The van der Waals surface area contributed by atoms with E-state index >= 15 is 0 Å². The zero-order chi connectivity index (χ0) is 17.3. The summed E-state index contributed by atoms with van der Waals surface area (Å²) in [5, 5.41) is 0.849. The molecule has 0 aliphatic heterocycles. The molecule has 0 aliphatic rings. The van der Waals surface area contributed by atoms with Gasteiger partial charge in [-0.2, -0.15) is 0 Å². The van der Waals surface area contributed by atoms with Gasteiger partial charge in [-0.05, 0) is 42.2 Å². The van der Waals surface area contributed by atoms with Crippen LogP contribution in [0.2, 0.25) is 0 Å². The number of anilines is 1. The number of aryl methyl sites for hydroxylation is 1. The number of halogens is 1. The molecule has 4 heteroatoms. The van der Waals surface area contributed by atoms with Gasteiger partial charge in [0.2, 0.25) is 0 Å². The molecular weight excluding hydrogens is 305 g/mol. The van der Waals surface area contributed by atoms with E-state index in [0.29, 0.717) is 23.1 Å². The summed E-state index contributed by atoms with van der Waals surface area (Å²) in [4.78, 5) is 12.4. The number of allylic oxidation sites excluding steroid dienone is 1. The second-order valence-electron chi connectivity index (χ2n) is 5.81. The molecule has 0 radical (unpaired) electrons. The molecule has 0 spiro atoms. The van der Waals surface area contributed by atoms with Crippen molar-refractivity contribution >= 4 is 16.7 Å². The first-order valence-corrected chi connectivity index (χ1v) is 7.70. The molecule has 0 bridgehead atoms. The lowest BCUT2D eigenvalue weighted by molar-refractivity contribution is 0.548. The quantitative estimate of drug-likeness (QED) is 0.446. The van der Waals surface area contributed by atoms with Gasteiger partial charge in [-0.15, -0.1) is 6.58 Å². The molecule has 2 aromatic carbocycles. The molecular formula is C20H18FNO2. The van der Waals surface area contributed by atoms with Crippen molar-refractivity contribution < 1.29 is 8.81 Å². The van der Waals surface area contributed by atoms with Crippen LogP contribution in [0, 0.1) is 12.7 Å². The molecule has 0 unspecified atom stereocenters. The van der Waals surface area contributed by atoms with Gasteiger partial charge in [0.15, 0.2) is 0 Å². The van der Waals surface area contributed by atoms with Gasteiger partial charge < -0.3 is 10.2 Å². The van der Waals surface area contributed by atoms with E-state index in [9.17, 15) is 9.18 Å². The molecule has 0 atom stereocenters. The second-order valence-corrected chi connectivity index (χ2v) is 5.81. The number of hydrogen-bond acceptors (Lipinski definition) is 3. The first kappa shape index (κ1) is 16.0. The van der Waals surface area contributed by atoms with Gasteiger partial charge in [0.05, 0.1) is 5.69 Å². The van der Waals surface area contributed by atoms with Gasteiger partial charge >= 0.3 is 5.63 Å². The van der Waals surface area contributed by atoms with Crippen LogP contribution < -0.4 is 11.4 Å². The SMILES string of the molecule is C=CCc1ccc2c(C)c(Cc3cccc(N)c3F)c(=O)oc2c1. The maximum absolute atomic E-state index is 14.1. The molecule has 0 aliphatic carbocycles. The second kappa shape index (κ2) is 6.32. The monoisotopic (exact) mass is 323 g/mol. The maximum Gasteiger partial charge on any atom is 0.340 e. The summed E-state index contributed by atoms with van der Waals surface area (Å²) in [6, 6.07) is 10.5. The van der Waals surface area contributed by atoms with Crippen LogP contribution in [-0.2, 0) is 12.8 Å². The van der Waals surface area contributed by atoms with Crippen molar-refractivity contribution in [2.75, 3.05) is 5.73 Å². The summed E-state index contributed by atoms with van der Waals surface area (Å²) in [6.07, 6.45) is 2.65. The summed E-state index contributed by atoms with van der Waals surface area (Å²) in [5.74, 6) is -0.488. The fraction of sp³-hybridized carbons (Fsp3) is 0.150. The van der Waals surface area contributed by atoms with E-state index in [0.717, 1.165) is 16.5 Å². The Kier molecular flexibility index (Phi) is 4.21. The minimum atomic E-state index is -0.488. The highest BCUT2D eigenvalue weighted by Crippen LogP contribution is 2.24. The highest BCUT2D eigenvalue weighted by Gasteiger charge is 2.15. The topological polar surface area (TPSA) is 56.2 Å². The Hall–Kier alpha value is -2.88. The van der Waals surface area contributed by atoms with Crippen LogP contribution in [0.15, 0.2) is 58.3 Å². The molecule has 3 nitrogen and oxygen atoms in total. The van der Waals surface area contributed by atoms with Crippen molar-refractivity contribution in [3.8, 4) is 0 Å². The Bertz CT molecular complexity index is 989. The highest BCUT2D eigenvalue weighted by molar-refractivity contribution is 5.81. The van der Waals surface area contributed by atoms with E-state index < -0.39 is 11.4 Å². The van der Waals surface area contributed by atoms with Gasteiger partial charge in [-0.25, -0.2) is 9.18 Å². The summed E-state index contributed by atoms with van der Waals surface area (Å²) in [5.41, 5.74) is 8.42. The van der Waals surface area contributed by atoms with Gasteiger partial charge in [0.1, 0.15) is 11.4 Å². The van der Waals surface area contributed by atoms with Gasteiger partial charge in [-0.3, -0.25) is 0 Å². The Morgan fingerprint density at radius 3 is 2.83 bits per heavy atom. The van der Waals surface area contributed by atoms with E-state index in [-0.39, 0.29) is 12.1 Å². The number of fused-ring (bicyclic) bond motifs is 1. The fourth-order valence-electron chi connectivity index (χ4n) is 2.86. The van der Waals surface area contributed by atoms with Gasteiger partial charge in [-0.1, -0.05) is 30.3 Å². The van der Waals surface area contributed by atoms with Crippen LogP contribution in [0.4, 0.5) is 10.1 Å². The summed E-state index contributed by atoms with van der Waals surface area (Å²) >= 11 is 0. The zero-order valence-electron chi connectivity index (χ0n) is 13.4. The van der Waals surface area contributed by atoms with Crippen LogP contribution in [0.25, 0.3) is 11.0 Å². The Balaban J connectivity index is 2.12. The number of nitrogens with two attached hydrogens (primary N) is 1. The molecule has 24 heavy (non-hydrogen) atoms. The molecule has 2 N–H and O–H groups in total. The van der Waals surface area contributed by atoms with Crippen LogP contribution in [0.1, 0.15) is 22.3 Å². The fourth-order valence-corrected chi connectivity index (χ4v) is 2.86. The van der Waals surface area contributed by atoms with E-state index in [1.165, 1.54) is 6.07 Å². The van der Waals surface area contributed by atoms with E-state index in [1.54, 1.807) is 18.2 Å². The van der Waals surface area contributed by atoms with Crippen LogP contribution in [-0.4, -0.2) is 0 Å². The lowest BCUT2D eigenvalue weighted by Gasteiger charge is -2.10. The predicted octanol–water partition coefficient (Wildman–Crippen LogP) is 4.14. The molecule has 0 amide bonds. The number of hydrogen-bond donors (Lipinski definition) is 1. The third kappa shape index (κ3) is 2.83. The van der Waals surface area contributed by atoms with Crippen molar-refractivity contribution in [2.24, 2.45) is 0 Å². The van der Waals surface area contributed by atoms with Crippen LogP contribution in [0.3, 0.4) is 0 Å². The number of benzene rings is 2. The van der Waals surface area contributed by atoms with Gasteiger partial charge in [0.25, 0.3) is 0 Å². The highest BCUT2D eigenvalue weighted by atomic mass is 19.1. The summed E-state index contributed by atoms with van der Waals surface area (Å²) < 4.78 is 19.6. The molecule has 122 valence electrons. The molecule has 0 saturated heterocycles. The largest absolute Gasteiger partial charge is 0.422 e. The normalized spacial score (nSPS) is 10.9. The van der Waals surface area contributed by atoms with Gasteiger partial charge in [0, 0.05) is 17.4 Å². The summed E-state index contributed by atoms with van der Waals surface area (Å²) in [6.45, 7) is 5.56. The lowest BCUT2D eigenvalue weighted by atomic mass is 9.98. The van der Waals surface area contributed by atoms with E-state index in [1.807, 2.05) is 25.1 Å². The number of nitrogen functional groups attached to an aromatic ring is 1. The average Bonchev–Trinajstić information content (AvgIpc) is 2.55. The molecule has 0 saturated carbocycles. The van der Waals surface area contributed by atoms with Crippen molar-refractivity contribution in [1.82, 2.24) is 0 Å². The summed E-state index contributed by atoms with van der Waals surface area (Å²) in [7, 11) is 0. The van der Waals surface area contributed by atoms with Crippen LogP contribution in [0.5, 0.6) is 0 Å². The molecule has 3 rings (SSSR count). The molecule has 3 aromatic rings. The smallest absolute Gasteiger partial charge is 0.340 e. The van der Waals surface area contributed by atoms with E-state index in [4.69, 9.17) is 10.2 Å². The number of rotatable bonds is 4. The average molecular weight is 323 g/mol. The minimum absolute atomic E-state index is 0.0735. The van der Waals surface area contributed by atoms with Crippen molar-refractivity contribution in [1.29, 1.82) is 0 Å². The molecule has 0 fully saturated rings. The molecule has 1 heterocycles.